The number of sulfone groups is 3. The minimum Gasteiger partial charge on any atom is -0.445 e. The summed E-state index contributed by atoms with van der Waals surface area (Å²) in [4.78, 5) is 91.5. The fourth-order valence-corrected chi connectivity index (χ4v) is 18.9. The van der Waals surface area contributed by atoms with Gasteiger partial charge in [-0.05, 0) is 71.3 Å². The van der Waals surface area contributed by atoms with Crippen LogP contribution >= 0.6 is 23.2 Å². The van der Waals surface area contributed by atoms with Crippen LogP contribution in [0.25, 0.3) is 46.9 Å². The SMILES string of the molecule is [C-]#[N+]C[C@H]1CN(c2nc(S(C)(=O)=O)nc3c2COC(c2cncc4ccccc24)C3)CCN1C(=O)OCc1ccccc1.[C-]#[N+]C[C@H]1CN(c2nc(S(C)(=O)=O)nc3c2CO[C@H](c2cccc4cccc(Cl)c24)C3)CCN1C(=O)OC(C)(C)C.[C-]#[N+]C[C@H]1CN(c2nc(S(C)(=O)=O)nc3c2CO[C@H](c2cccc4cccc(Cl)c24)C3)CCN1C(=O)OCc1ccccc1. The highest BCUT2D eigenvalue weighted by Gasteiger charge is 2.43. The molecule has 0 N–H and O–H groups in total. The van der Waals surface area contributed by atoms with Gasteiger partial charge in [0.2, 0.25) is 64.6 Å². The van der Waals surface area contributed by atoms with Gasteiger partial charge in [-0.2, -0.15) is 0 Å². The zero-order valence-corrected chi connectivity index (χ0v) is 75.0. The molecule has 3 saturated heterocycles. The van der Waals surface area contributed by atoms with Crippen LogP contribution in [-0.4, -0.2) is 214 Å². The lowest BCUT2D eigenvalue weighted by Gasteiger charge is -2.41. The van der Waals surface area contributed by atoms with Crippen molar-refractivity contribution in [1.29, 1.82) is 0 Å². The van der Waals surface area contributed by atoms with Gasteiger partial charge in [-0.15, -0.1) is 0 Å². The molecule has 3 fully saturated rings. The van der Waals surface area contributed by atoms with Gasteiger partial charge in [0, 0.05) is 158 Å². The minimum absolute atomic E-state index is 0.0591. The zero-order valence-electron chi connectivity index (χ0n) is 71.0. The van der Waals surface area contributed by atoms with Gasteiger partial charge in [-0.1, -0.05) is 169 Å². The standard InChI is InChI=1S/C32H30ClN5O5S.C31H30N6O5S.C29H32ClN5O5S/c1-34-17-23-18-37(14-15-38(23)32(39)43-19-21-8-4-3-5-9-21)30-25-20-42-28(16-27(25)35-31(36-30)44(2,40)41)24-12-6-10-22-11-7-13-26(33)29(22)24;1-32-16-23-18-36(12-13-37(23)31(38)42-19-21-8-4-3-5-9-21)29-26-20-41-28(14-27(26)34-30(35-29)43(2,39)40)25-17-33-15-22-10-6-7-11-24(22)25;1-29(2,3)40-28(36)35-13-12-34(16-19(35)15-31-4)26-21-17-39-24(14-23(21)32-27(33-26)41(5,37)38)20-10-6-8-18-9-7-11-22(30)25(18)20/h3-13,23,28H,14-20H2,2H3;3-11,15,17,23,28H,12-14,16,18-20H2,2H3;6-11,19,24H,12-17H2,1-3,5H3/t23-,28-;23-,28?;19-,24-/m000/s1. The molecule has 0 radical (unpaired) electrons. The van der Waals surface area contributed by atoms with Crippen LogP contribution in [0.15, 0.2) is 186 Å². The van der Waals surface area contributed by atoms with Gasteiger partial charge in [-0.3, -0.25) is 19.7 Å². The third kappa shape index (κ3) is 20.6. The Morgan fingerprint density at radius 2 is 0.773 bits per heavy atom. The molecule has 7 aromatic carbocycles. The number of fused-ring (bicyclic) bond motifs is 6. The van der Waals surface area contributed by atoms with E-state index in [1.54, 1.807) is 47.9 Å². The minimum atomic E-state index is -3.75. The molecular formula is C92H92Cl2N16O15S3. The Morgan fingerprint density at radius 3 is 1.14 bits per heavy atom. The number of benzene rings is 7. The Morgan fingerprint density at radius 1 is 0.430 bits per heavy atom. The predicted molar refractivity (Wildman–Crippen MR) is 481 cm³/mol. The smallest absolute Gasteiger partial charge is 0.410 e. The number of aromatic nitrogens is 7. The first-order chi connectivity index (χ1) is 61.4. The van der Waals surface area contributed by atoms with E-state index in [1.165, 1.54) is 0 Å². The van der Waals surface area contributed by atoms with E-state index in [0.29, 0.717) is 107 Å². The highest BCUT2D eigenvalue weighted by Crippen LogP contribution is 2.44. The third-order valence-corrected chi connectivity index (χ3v) is 26.0. The first-order valence-corrected chi connectivity index (χ1v) is 47.8. The van der Waals surface area contributed by atoms with Crippen LogP contribution < -0.4 is 14.7 Å². The van der Waals surface area contributed by atoms with Gasteiger partial charge in [0.1, 0.15) is 54.4 Å². The fourth-order valence-electron chi connectivity index (χ4n) is 16.7. The van der Waals surface area contributed by atoms with E-state index in [9.17, 15) is 39.6 Å². The van der Waals surface area contributed by atoms with E-state index in [1.807, 2.05) is 172 Å². The van der Waals surface area contributed by atoms with Gasteiger partial charge in [0.15, 0.2) is 0 Å². The van der Waals surface area contributed by atoms with E-state index in [4.69, 9.17) is 71.3 Å². The Hall–Kier alpha value is -12.3. The van der Waals surface area contributed by atoms with Gasteiger partial charge < -0.3 is 57.7 Å². The molecule has 6 aliphatic rings. The summed E-state index contributed by atoms with van der Waals surface area (Å²) < 4.78 is 112. The van der Waals surface area contributed by atoms with Crippen LogP contribution in [0.2, 0.25) is 10.0 Å². The van der Waals surface area contributed by atoms with Crippen LogP contribution in [-0.2, 0) is 110 Å². The molecule has 0 aliphatic carbocycles. The summed E-state index contributed by atoms with van der Waals surface area (Å²) in [5, 5.41) is 6.18. The number of pyridine rings is 1. The van der Waals surface area contributed by atoms with Crippen molar-refractivity contribution in [2.75, 3.05) is 112 Å². The lowest BCUT2D eigenvalue weighted by atomic mass is 9.94. The maximum Gasteiger partial charge on any atom is 0.410 e. The Balaban J connectivity index is 0.000000148. The Labute approximate surface area is 752 Å². The molecule has 36 heteroatoms. The van der Waals surface area contributed by atoms with E-state index in [-0.39, 0.29) is 113 Å². The summed E-state index contributed by atoms with van der Waals surface area (Å²) in [6.07, 6.45) is 5.23. The molecule has 17 rings (SSSR count). The lowest BCUT2D eigenvalue weighted by molar-refractivity contribution is 0.0151. The first-order valence-electron chi connectivity index (χ1n) is 41.4. The van der Waals surface area contributed by atoms with Crippen molar-refractivity contribution in [3.8, 4) is 0 Å². The summed E-state index contributed by atoms with van der Waals surface area (Å²) in [5.41, 5.74) is 7.66. The van der Waals surface area contributed by atoms with Gasteiger partial charge in [0.25, 0.3) is 0 Å². The van der Waals surface area contributed by atoms with Gasteiger partial charge in [-0.25, -0.2) is 89.3 Å². The van der Waals surface area contributed by atoms with Crippen LogP contribution in [0, 0.1) is 19.7 Å². The number of hydrogen-bond donors (Lipinski definition) is 0. The van der Waals surface area contributed by atoms with E-state index in [2.05, 4.69) is 49.4 Å². The maximum absolute atomic E-state index is 13.1. The van der Waals surface area contributed by atoms with E-state index >= 15 is 0 Å². The van der Waals surface area contributed by atoms with E-state index < -0.39 is 77.6 Å². The van der Waals surface area contributed by atoms with Crippen LogP contribution in [0.3, 0.4) is 0 Å². The summed E-state index contributed by atoms with van der Waals surface area (Å²) in [6, 6.07) is 48.5. The molecule has 1 unspecified atom stereocenters. The molecule has 6 atom stereocenters. The molecule has 0 spiro atoms. The number of nitrogens with zero attached hydrogens (tertiary/aromatic N) is 16. The van der Waals surface area contributed by atoms with Gasteiger partial charge in [0.05, 0.1) is 55.2 Å². The van der Waals surface area contributed by atoms with Crippen molar-refractivity contribution in [2.24, 2.45) is 0 Å². The van der Waals surface area contributed by atoms with Crippen molar-refractivity contribution >= 4 is 121 Å². The quantitative estimate of drug-likeness (QED) is 0.0492. The zero-order chi connectivity index (χ0) is 90.3. The highest BCUT2D eigenvalue weighted by atomic mass is 35.5. The van der Waals surface area contributed by atoms with Crippen molar-refractivity contribution in [3.63, 3.8) is 0 Å². The number of ether oxygens (including phenoxy) is 6. The second-order valence-electron chi connectivity index (χ2n) is 32.9. The number of rotatable bonds is 16. The summed E-state index contributed by atoms with van der Waals surface area (Å²) in [6.45, 7) is 31.6. The molecular weight excluding hydrogens is 1740 g/mol. The number of anilines is 3. The molecule has 31 nitrogen and oxygen atoms in total. The van der Waals surface area contributed by atoms with Crippen molar-refractivity contribution in [2.45, 2.75) is 131 Å². The van der Waals surface area contributed by atoms with Gasteiger partial charge >= 0.3 is 18.3 Å². The third-order valence-electron chi connectivity index (χ3n) is 22.8. The molecule has 128 heavy (non-hydrogen) atoms. The number of hydrogen-bond acceptors (Lipinski definition) is 25. The van der Waals surface area contributed by atoms with Crippen molar-refractivity contribution in [3.05, 3.63) is 276 Å². The Kier molecular flexibility index (Phi) is 27.4. The highest BCUT2D eigenvalue weighted by molar-refractivity contribution is 7.91. The van der Waals surface area contributed by atoms with Crippen LogP contribution in [0.4, 0.5) is 31.8 Å². The summed E-state index contributed by atoms with van der Waals surface area (Å²) in [7, 11) is -11.2. The van der Waals surface area contributed by atoms with Crippen LogP contribution in [0.1, 0.15) is 101 Å². The number of carbonyl (C=O) groups excluding carboxylic acids is 3. The predicted octanol–water partition coefficient (Wildman–Crippen LogP) is 14.1. The fraction of sp³-hybridized carbons (Fsp3) is 0.359. The second-order valence-corrected chi connectivity index (χ2v) is 39.4. The number of amides is 3. The molecule has 6 aliphatic heterocycles. The first kappa shape index (κ1) is 90.5. The largest absolute Gasteiger partial charge is 0.445 e. The molecule has 4 aromatic heterocycles. The maximum atomic E-state index is 13.1. The second kappa shape index (κ2) is 38.7. The molecule has 11 aromatic rings. The number of piperazine rings is 3. The van der Waals surface area contributed by atoms with Crippen molar-refractivity contribution in [1.82, 2.24) is 49.6 Å². The molecule has 662 valence electrons. The average Bonchev–Trinajstić information content (AvgIpc) is 0.758. The van der Waals surface area contributed by atoms with E-state index in [0.717, 1.165) is 78.9 Å². The monoisotopic (exact) mass is 1830 g/mol. The topological polar surface area (TPSA) is 332 Å². The lowest BCUT2D eigenvalue weighted by Crippen LogP contribution is -2.57. The Bertz CT molecular complexity index is 6550. The molecule has 0 saturated carbocycles. The molecule has 3 amide bonds. The van der Waals surface area contributed by atoms with Crippen molar-refractivity contribution < 1.29 is 68.1 Å². The average molecular weight is 1830 g/mol. The number of halogens is 2. The van der Waals surface area contributed by atoms with Crippen LogP contribution in [0.5, 0.6) is 0 Å². The molecule has 0 bridgehead atoms. The normalized spacial score (nSPS) is 18.9. The summed E-state index contributed by atoms with van der Waals surface area (Å²) >= 11 is 13.2. The molecule has 10 heterocycles. The summed E-state index contributed by atoms with van der Waals surface area (Å²) in [5.74, 6) is 1.34. The number of carbonyl (C=O) groups is 3.